The van der Waals surface area contributed by atoms with Crippen LogP contribution in [0.3, 0.4) is 0 Å². The fourth-order valence-corrected chi connectivity index (χ4v) is 8.17. The standard InChI is InChI=1S/C74H116O6/c1-4-7-10-13-16-19-22-25-28-30-31-32-33-34-35-36-37-38-39-40-41-42-43-45-46-49-52-55-58-61-64-67-73(76)79-70-71(69-78-72(75)66-63-60-57-54-51-48-27-24-21-18-15-12-9-6-3)80-74(77)68-65-62-59-56-53-50-47-44-29-26-23-20-17-14-11-8-5-2/h7-8,10-11,15-20,24-29,31-32,34-35,37-38,40-41,43,45,47,50,71H,4-6,9,12-14,21-23,30,33,36,39,42,44,46,48-49,51-70H2,1-3H3/b10-7-,11-8-,18-15-,19-16-,20-17-,27-24-,28-25-,29-26-,32-31-,35-34-,38-37-,41-40-,45-43-,50-47-. The lowest BCUT2D eigenvalue weighted by atomic mass is 10.1. The predicted octanol–water partition coefficient (Wildman–Crippen LogP) is 22.3. The zero-order valence-electron chi connectivity index (χ0n) is 51.3. The van der Waals surface area contributed by atoms with Gasteiger partial charge in [0.15, 0.2) is 6.10 Å². The van der Waals surface area contributed by atoms with E-state index in [2.05, 4.69) is 191 Å². The summed E-state index contributed by atoms with van der Waals surface area (Å²) in [6.45, 7) is 6.32. The lowest BCUT2D eigenvalue weighted by molar-refractivity contribution is -0.167. The normalized spacial score (nSPS) is 13.3. The first-order valence-corrected chi connectivity index (χ1v) is 32.1. The number of ether oxygens (including phenoxy) is 3. The third-order valence-electron chi connectivity index (χ3n) is 12.9. The molecule has 0 aromatic carbocycles. The smallest absolute Gasteiger partial charge is 0.306 e. The zero-order chi connectivity index (χ0) is 57.8. The Balaban J connectivity index is 4.41. The Bertz CT molecular complexity index is 1840. The Hall–Kier alpha value is -5.23. The molecular formula is C74H116O6. The van der Waals surface area contributed by atoms with E-state index in [1.165, 1.54) is 32.1 Å². The van der Waals surface area contributed by atoms with E-state index in [0.717, 1.165) is 186 Å². The fraction of sp³-hybridized carbons (Fsp3) is 0.581. The van der Waals surface area contributed by atoms with Gasteiger partial charge >= 0.3 is 17.9 Å². The van der Waals surface area contributed by atoms with Crippen LogP contribution in [0.25, 0.3) is 0 Å². The molecule has 448 valence electrons. The highest BCUT2D eigenvalue weighted by Gasteiger charge is 2.19. The summed E-state index contributed by atoms with van der Waals surface area (Å²) in [7, 11) is 0. The molecule has 80 heavy (non-hydrogen) atoms. The summed E-state index contributed by atoms with van der Waals surface area (Å²) in [5, 5.41) is 0. The molecule has 0 aliphatic carbocycles. The number of esters is 3. The van der Waals surface area contributed by atoms with Gasteiger partial charge in [-0.15, -0.1) is 0 Å². The maximum Gasteiger partial charge on any atom is 0.306 e. The van der Waals surface area contributed by atoms with Gasteiger partial charge in [0, 0.05) is 19.3 Å². The summed E-state index contributed by atoms with van der Waals surface area (Å²) < 4.78 is 16.9. The maximum atomic E-state index is 12.9. The third-order valence-corrected chi connectivity index (χ3v) is 12.9. The van der Waals surface area contributed by atoms with Crippen molar-refractivity contribution in [3.05, 3.63) is 170 Å². The van der Waals surface area contributed by atoms with Crippen molar-refractivity contribution < 1.29 is 28.6 Å². The summed E-state index contributed by atoms with van der Waals surface area (Å²) in [6.07, 6.45) is 97.8. The Morgan fingerprint density at radius 1 is 0.263 bits per heavy atom. The van der Waals surface area contributed by atoms with Crippen LogP contribution < -0.4 is 0 Å². The quantitative estimate of drug-likeness (QED) is 0.0261. The van der Waals surface area contributed by atoms with E-state index in [-0.39, 0.29) is 37.5 Å². The van der Waals surface area contributed by atoms with Crippen molar-refractivity contribution in [2.45, 2.75) is 264 Å². The number of allylic oxidation sites excluding steroid dienone is 28. The van der Waals surface area contributed by atoms with Crippen molar-refractivity contribution in [1.29, 1.82) is 0 Å². The maximum absolute atomic E-state index is 12.9. The number of rotatable bonds is 56. The first kappa shape index (κ1) is 74.8. The number of hydrogen-bond acceptors (Lipinski definition) is 6. The molecule has 1 atom stereocenters. The SMILES string of the molecule is CC/C=C\C/C=C\C/C=C\C/C=C\C/C=C\C/C=C\C/C=C\C/C=C\CCCCCCCCC(=O)OCC(COC(=O)CCCCCCC/C=C\C/C=C\CCCC)OC(=O)CCCCCC/C=C\C/C=C\C/C=C\C/C=C\CC. The lowest BCUT2D eigenvalue weighted by Gasteiger charge is -2.18. The van der Waals surface area contributed by atoms with Crippen molar-refractivity contribution in [3.63, 3.8) is 0 Å². The van der Waals surface area contributed by atoms with Crippen LogP contribution in [0.1, 0.15) is 258 Å². The molecule has 0 heterocycles. The van der Waals surface area contributed by atoms with E-state index in [1.807, 2.05) is 0 Å². The fourth-order valence-electron chi connectivity index (χ4n) is 8.17. The molecule has 0 aliphatic heterocycles. The number of hydrogen-bond donors (Lipinski definition) is 0. The molecular weight excluding hydrogens is 985 g/mol. The Morgan fingerprint density at radius 3 is 0.762 bits per heavy atom. The number of unbranched alkanes of at least 4 members (excludes halogenated alkanes) is 17. The van der Waals surface area contributed by atoms with Crippen LogP contribution in [0.2, 0.25) is 0 Å². The summed E-state index contributed by atoms with van der Waals surface area (Å²) in [4.78, 5) is 38.3. The molecule has 0 spiro atoms. The molecule has 0 bridgehead atoms. The molecule has 1 unspecified atom stereocenters. The molecule has 6 nitrogen and oxygen atoms in total. The van der Waals surface area contributed by atoms with Crippen LogP contribution in [0.15, 0.2) is 170 Å². The Kier molecular flexibility index (Phi) is 61.9. The van der Waals surface area contributed by atoms with Crippen LogP contribution in [0.5, 0.6) is 0 Å². The van der Waals surface area contributed by atoms with Gasteiger partial charge < -0.3 is 14.2 Å². The first-order valence-electron chi connectivity index (χ1n) is 32.1. The van der Waals surface area contributed by atoms with Crippen LogP contribution in [0, 0.1) is 0 Å². The highest BCUT2D eigenvalue weighted by atomic mass is 16.6. The van der Waals surface area contributed by atoms with Crippen molar-refractivity contribution in [2.24, 2.45) is 0 Å². The van der Waals surface area contributed by atoms with E-state index in [1.54, 1.807) is 0 Å². The van der Waals surface area contributed by atoms with E-state index in [0.29, 0.717) is 12.8 Å². The average Bonchev–Trinajstić information content (AvgIpc) is 3.46. The van der Waals surface area contributed by atoms with E-state index >= 15 is 0 Å². The Morgan fingerprint density at radius 2 is 0.487 bits per heavy atom. The van der Waals surface area contributed by atoms with Crippen LogP contribution in [-0.4, -0.2) is 37.2 Å². The largest absolute Gasteiger partial charge is 0.462 e. The van der Waals surface area contributed by atoms with E-state index in [9.17, 15) is 14.4 Å². The van der Waals surface area contributed by atoms with E-state index < -0.39 is 6.10 Å². The van der Waals surface area contributed by atoms with Crippen molar-refractivity contribution >= 4 is 17.9 Å². The minimum atomic E-state index is -0.813. The minimum Gasteiger partial charge on any atom is -0.462 e. The zero-order valence-corrected chi connectivity index (χ0v) is 51.3. The summed E-state index contributed by atoms with van der Waals surface area (Å²) in [5.74, 6) is -0.964. The van der Waals surface area contributed by atoms with Crippen molar-refractivity contribution in [1.82, 2.24) is 0 Å². The molecule has 0 fully saturated rings. The predicted molar refractivity (Wildman–Crippen MR) is 348 cm³/mol. The molecule has 0 rings (SSSR count). The summed E-state index contributed by atoms with van der Waals surface area (Å²) >= 11 is 0. The first-order chi connectivity index (χ1) is 39.5. The highest BCUT2D eigenvalue weighted by Crippen LogP contribution is 2.13. The lowest BCUT2D eigenvalue weighted by Crippen LogP contribution is -2.30. The van der Waals surface area contributed by atoms with Gasteiger partial charge in [-0.05, 0) is 148 Å². The van der Waals surface area contributed by atoms with Crippen LogP contribution >= 0.6 is 0 Å². The monoisotopic (exact) mass is 1100 g/mol. The van der Waals surface area contributed by atoms with Gasteiger partial charge in [0.05, 0.1) is 0 Å². The molecule has 0 saturated heterocycles. The van der Waals surface area contributed by atoms with Crippen LogP contribution in [-0.2, 0) is 28.6 Å². The van der Waals surface area contributed by atoms with Gasteiger partial charge in [0.1, 0.15) is 13.2 Å². The topological polar surface area (TPSA) is 78.9 Å². The van der Waals surface area contributed by atoms with Gasteiger partial charge in [-0.3, -0.25) is 14.4 Å². The van der Waals surface area contributed by atoms with Gasteiger partial charge in [-0.2, -0.15) is 0 Å². The molecule has 0 aromatic rings. The van der Waals surface area contributed by atoms with Crippen molar-refractivity contribution in [2.75, 3.05) is 13.2 Å². The summed E-state index contributed by atoms with van der Waals surface area (Å²) in [6, 6.07) is 0. The molecule has 0 saturated carbocycles. The highest BCUT2D eigenvalue weighted by molar-refractivity contribution is 5.71. The van der Waals surface area contributed by atoms with Gasteiger partial charge in [-0.1, -0.05) is 262 Å². The van der Waals surface area contributed by atoms with Crippen molar-refractivity contribution in [3.8, 4) is 0 Å². The van der Waals surface area contributed by atoms with Gasteiger partial charge in [0.25, 0.3) is 0 Å². The Labute approximate surface area is 492 Å². The van der Waals surface area contributed by atoms with Crippen LogP contribution in [0.4, 0.5) is 0 Å². The molecule has 0 N–H and O–H groups in total. The second kappa shape index (κ2) is 66.3. The summed E-state index contributed by atoms with van der Waals surface area (Å²) in [5.41, 5.74) is 0. The molecule has 6 heteroatoms. The van der Waals surface area contributed by atoms with Gasteiger partial charge in [-0.25, -0.2) is 0 Å². The molecule has 0 amide bonds. The molecule has 0 aliphatic rings. The number of carbonyl (C=O) groups is 3. The second-order valence-corrected chi connectivity index (χ2v) is 20.5. The molecule has 0 aromatic heterocycles. The molecule has 0 radical (unpaired) electrons. The van der Waals surface area contributed by atoms with E-state index in [4.69, 9.17) is 14.2 Å². The minimum absolute atomic E-state index is 0.107. The third kappa shape index (κ3) is 63.6. The second-order valence-electron chi connectivity index (χ2n) is 20.5. The van der Waals surface area contributed by atoms with Gasteiger partial charge in [0.2, 0.25) is 0 Å². The average molecular weight is 1100 g/mol. The number of carbonyl (C=O) groups excluding carboxylic acids is 3.